The van der Waals surface area contributed by atoms with Gasteiger partial charge < -0.3 is 14.8 Å². The lowest BCUT2D eigenvalue weighted by Crippen LogP contribution is -2.18. The molecule has 3 nitrogen and oxygen atoms in total. The maximum absolute atomic E-state index is 5.58. The zero-order chi connectivity index (χ0) is 11.5. The summed E-state index contributed by atoms with van der Waals surface area (Å²) in [6.45, 7) is 2.45. The molecule has 0 radical (unpaired) electrons. The van der Waals surface area contributed by atoms with Crippen LogP contribution in [0.25, 0.3) is 0 Å². The lowest BCUT2D eigenvalue weighted by atomic mass is 10.1. The van der Waals surface area contributed by atoms with Gasteiger partial charge in [0.15, 0.2) is 11.5 Å². The predicted octanol–water partition coefficient (Wildman–Crippen LogP) is 2.14. The Morgan fingerprint density at radius 1 is 1.12 bits per heavy atom. The molecule has 2 aliphatic rings. The summed E-state index contributed by atoms with van der Waals surface area (Å²) in [6.07, 6.45) is 5.03. The van der Waals surface area contributed by atoms with Gasteiger partial charge in [-0.2, -0.15) is 0 Å². The van der Waals surface area contributed by atoms with Crippen molar-refractivity contribution in [3.8, 4) is 11.5 Å². The van der Waals surface area contributed by atoms with E-state index in [2.05, 4.69) is 17.4 Å². The third kappa shape index (κ3) is 2.91. The lowest BCUT2D eigenvalue weighted by Gasteiger charge is -2.18. The summed E-state index contributed by atoms with van der Waals surface area (Å²) < 4.78 is 11.1. The highest BCUT2D eigenvalue weighted by Crippen LogP contribution is 2.31. The Bertz CT molecular complexity index is 388. The first kappa shape index (κ1) is 10.9. The Hall–Kier alpha value is -1.22. The molecule has 1 aliphatic heterocycles. The largest absolute Gasteiger partial charge is 0.486 e. The van der Waals surface area contributed by atoms with E-state index in [4.69, 9.17) is 9.47 Å². The maximum Gasteiger partial charge on any atom is 0.161 e. The number of fused-ring (bicyclic) bond motifs is 1. The summed E-state index contributed by atoms with van der Waals surface area (Å²) in [7, 11) is 0. The quantitative estimate of drug-likeness (QED) is 0.790. The zero-order valence-electron chi connectivity index (χ0n) is 10.1. The molecule has 3 rings (SSSR count). The molecular weight excluding hydrogens is 214 g/mol. The van der Waals surface area contributed by atoms with E-state index in [1.54, 1.807) is 0 Å². The molecule has 1 heterocycles. The van der Waals surface area contributed by atoms with Crippen molar-refractivity contribution in [2.45, 2.75) is 31.7 Å². The van der Waals surface area contributed by atoms with Crippen LogP contribution in [0.3, 0.4) is 0 Å². The Morgan fingerprint density at radius 3 is 2.76 bits per heavy atom. The first-order valence-electron chi connectivity index (χ1n) is 6.54. The van der Waals surface area contributed by atoms with Crippen LogP contribution in [0, 0.1) is 0 Å². The first-order chi connectivity index (χ1) is 8.42. The predicted molar refractivity (Wildman–Crippen MR) is 66.8 cm³/mol. The molecule has 0 aromatic heterocycles. The molecule has 1 N–H and O–H groups in total. The second-order valence-electron chi connectivity index (χ2n) is 4.81. The van der Waals surface area contributed by atoms with E-state index in [9.17, 15) is 0 Å². The van der Waals surface area contributed by atoms with E-state index in [1.807, 2.05) is 6.07 Å². The molecule has 1 aromatic carbocycles. The van der Waals surface area contributed by atoms with E-state index in [-0.39, 0.29) is 0 Å². The van der Waals surface area contributed by atoms with Gasteiger partial charge in [-0.3, -0.25) is 0 Å². The van der Waals surface area contributed by atoms with Crippen LogP contribution in [-0.4, -0.2) is 25.8 Å². The Balaban J connectivity index is 1.51. The smallest absolute Gasteiger partial charge is 0.161 e. The van der Waals surface area contributed by atoms with Crippen molar-refractivity contribution in [3.63, 3.8) is 0 Å². The zero-order valence-corrected chi connectivity index (χ0v) is 10.1. The van der Waals surface area contributed by atoms with Crippen molar-refractivity contribution in [2.24, 2.45) is 0 Å². The summed E-state index contributed by atoms with van der Waals surface area (Å²) >= 11 is 0. The van der Waals surface area contributed by atoms with Crippen LogP contribution in [0.4, 0.5) is 0 Å². The van der Waals surface area contributed by atoms with Crippen molar-refractivity contribution in [3.05, 3.63) is 23.8 Å². The highest BCUT2D eigenvalue weighted by atomic mass is 16.6. The van der Waals surface area contributed by atoms with Gasteiger partial charge in [-0.1, -0.05) is 6.07 Å². The molecule has 0 unspecified atom stereocenters. The average Bonchev–Trinajstić information content (AvgIpc) is 3.18. The maximum atomic E-state index is 5.58. The number of hydrogen-bond donors (Lipinski definition) is 1. The standard InChI is InChI=1S/C14H19NO2/c1(7-15-12-4-5-12)2-11-3-6-13-14(10-11)17-9-8-16-13/h3,6,10,12,15H,1-2,4-5,7-9H2. The molecule has 0 amide bonds. The Labute approximate surface area is 102 Å². The fourth-order valence-corrected chi connectivity index (χ4v) is 2.13. The van der Waals surface area contributed by atoms with E-state index >= 15 is 0 Å². The number of nitrogens with one attached hydrogen (secondary N) is 1. The van der Waals surface area contributed by atoms with Gasteiger partial charge in [-0.15, -0.1) is 0 Å². The van der Waals surface area contributed by atoms with Crippen LogP contribution >= 0.6 is 0 Å². The van der Waals surface area contributed by atoms with Crippen LogP contribution in [0.2, 0.25) is 0 Å². The second-order valence-corrected chi connectivity index (χ2v) is 4.81. The molecule has 1 aromatic rings. The van der Waals surface area contributed by atoms with Crippen LogP contribution in [-0.2, 0) is 6.42 Å². The highest BCUT2D eigenvalue weighted by molar-refractivity contribution is 5.43. The van der Waals surface area contributed by atoms with Gasteiger partial charge in [-0.05, 0) is 49.9 Å². The molecule has 0 bridgehead atoms. The molecule has 92 valence electrons. The summed E-state index contributed by atoms with van der Waals surface area (Å²) in [6, 6.07) is 7.10. The summed E-state index contributed by atoms with van der Waals surface area (Å²) in [5, 5.41) is 3.53. The summed E-state index contributed by atoms with van der Waals surface area (Å²) in [5.41, 5.74) is 1.34. The third-order valence-electron chi connectivity index (χ3n) is 3.26. The van der Waals surface area contributed by atoms with Gasteiger partial charge in [0.1, 0.15) is 13.2 Å². The fraction of sp³-hybridized carbons (Fsp3) is 0.571. The van der Waals surface area contributed by atoms with Crippen LogP contribution < -0.4 is 14.8 Å². The monoisotopic (exact) mass is 233 g/mol. The van der Waals surface area contributed by atoms with E-state index in [0.29, 0.717) is 13.2 Å². The van der Waals surface area contributed by atoms with Gasteiger partial charge in [0.2, 0.25) is 0 Å². The lowest BCUT2D eigenvalue weighted by molar-refractivity contribution is 0.171. The molecule has 3 heteroatoms. The van der Waals surface area contributed by atoms with Crippen LogP contribution in [0.1, 0.15) is 24.8 Å². The van der Waals surface area contributed by atoms with Crippen molar-refractivity contribution in [1.82, 2.24) is 5.32 Å². The molecule has 0 spiro atoms. The van der Waals surface area contributed by atoms with Crippen LogP contribution in [0.15, 0.2) is 18.2 Å². The minimum Gasteiger partial charge on any atom is -0.486 e. The number of rotatable bonds is 5. The first-order valence-corrected chi connectivity index (χ1v) is 6.54. The minimum absolute atomic E-state index is 0.664. The van der Waals surface area contributed by atoms with Crippen molar-refractivity contribution in [2.75, 3.05) is 19.8 Å². The normalized spacial score (nSPS) is 18.1. The molecule has 1 saturated carbocycles. The Kier molecular flexibility index (Phi) is 3.18. The van der Waals surface area contributed by atoms with E-state index in [1.165, 1.54) is 24.8 Å². The number of ether oxygens (including phenoxy) is 2. The Morgan fingerprint density at radius 2 is 1.94 bits per heavy atom. The van der Waals surface area contributed by atoms with Gasteiger partial charge in [0, 0.05) is 6.04 Å². The third-order valence-corrected chi connectivity index (χ3v) is 3.26. The molecule has 1 aliphatic carbocycles. The van der Waals surface area contributed by atoms with Crippen molar-refractivity contribution in [1.29, 1.82) is 0 Å². The van der Waals surface area contributed by atoms with Gasteiger partial charge in [0.05, 0.1) is 0 Å². The summed E-state index contributed by atoms with van der Waals surface area (Å²) in [5.74, 6) is 1.79. The highest BCUT2D eigenvalue weighted by Gasteiger charge is 2.19. The van der Waals surface area contributed by atoms with E-state index < -0.39 is 0 Å². The number of aryl methyl sites for hydroxylation is 1. The van der Waals surface area contributed by atoms with Gasteiger partial charge in [-0.25, -0.2) is 0 Å². The molecule has 17 heavy (non-hydrogen) atoms. The second kappa shape index (κ2) is 4.96. The van der Waals surface area contributed by atoms with Crippen LogP contribution in [0.5, 0.6) is 11.5 Å². The minimum atomic E-state index is 0.664. The van der Waals surface area contributed by atoms with Gasteiger partial charge >= 0.3 is 0 Å². The summed E-state index contributed by atoms with van der Waals surface area (Å²) in [4.78, 5) is 0. The number of hydrogen-bond acceptors (Lipinski definition) is 3. The average molecular weight is 233 g/mol. The van der Waals surface area contributed by atoms with Crippen molar-refractivity contribution < 1.29 is 9.47 Å². The van der Waals surface area contributed by atoms with E-state index in [0.717, 1.165) is 30.5 Å². The molecule has 0 atom stereocenters. The molecule has 0 saturated heterocycles. The molecular formula is C14H19NO2. The van der Waals surface area contributed by atoms with Crippen molar-refractivity contribution >= 4 is 0 Å². The SMILES string of the molecule is c1cc2c(cc1CCCNC1CC1)OCCO2. The fourth-order valence-electron chi connectivity index (χ4n) is 2.13. The number of benzene rings is 1. The van der Waals surface area contributed by atoms with Gasteiger partial charge in [0.25, 0.3) is 0 Å². The molecule has 1 fully saturated rings. The topological polar surface area (TPSA) is 30.5 Å².